The van der Waals surface area contributed by atoms with E-state index in [0.29, 0.717) is 0 Å². The van der Waals surface area contributed by atoms with Crippen LogP contribution in [0.1, 0.15) is 17.5 Å². The number of aliphatic hydroxyl groups is 1. The number of hydrogen-bond acceptors (Lipinski definition) is 2. The number of benzene rings is 1. The Kier molecular flexibility index (Phi) is 5.37. The first-order chi connectivity index (χ1) is 7.22. The van der Waals surface area contributed by atoms with E-state index in [9.17, 15) is 0 Å². The molecule has 0 unspecified atom stereocenters. The molecule has 1 rings (SSSR count). The molecule has 1 aromatic carbocycles. The highest BCUT2D eigenvalue weighted by Crippen LogP contribution is 2.06. The highest BCUT2D eigenvalue weighted by atomic mass is 16.3. The Morgan fingerprint density at radius 3 is 2.73 bits per heavy atom. The van der Waals surface area contributed by atoms with Crippen molar-refractivity contribution in [1.29, 1.82) is 0 Å². The molecule has 0 bridgehead atoms. The maximum absolute atomic E-state index is 8.75. The second-order valence-electron chi connectivity index (χ2n) is 4.12. The van der Waals surface area contributed by atoms with Crippen LogP contribution >= 0.6 is 0 Å². The molecule has 0 aliphatic rings. The van der Waals surface area contributed by atoms with Crippen LogP contribution in [-0.4, -0.2) is 36.8 Å². The summed E-state index contributed by atoms with van der Waals surface area (Å²) in [6.45, 7) is 4.20. The normalized spacial score (nSPS) is 10.9. The van der Waals surface area contributed by atoms with Crippen LogP contribution in [0.15, 0.2) is 24.3 Å². The maximum atomic E-state index is 8.75. The molecular weight excluding hydrogens is 186 g/mol. The van der Waals surface area contributed by atoms with E-state index in [2.05, 4.69) is 36.1 Å². The van der Waals surface area contributed by atoms with E-state index in [4.69, 9.17) is 5.11 Å². The minimum Gasteiger partial charge on any atom is -0.395 e. The minimum absolute atomic E-state index is 0.251. The standard InChI is InChI=1S/C13H21NO/c1-12-5-3-6-13(11-12)7-4-8-14(2)9-10-15/h3,5-6,11,15H,4,7-10H2,1-2H3. The molecule has 0 heterocycles. The maximum Gasteiger partial charge on any atom is 0.0558 e. The zero-order chi connectivity index (χ0) is 11.1. The molecule has 1 aromatic rings. The Hall–Kier alpha value is -0.860. The number of rotatable bonds is 6. The van der Waals surface area contributed by atoms with E-state index in [0.717, 1.165) is 25.9 Å². The Morgan fingerprint density at radius 1 is 1.27 bits per heavy atom. The lowest BCUT2D eigenvalue weighted by Crippen LogP contribution is -2.23. The lowest BCUT2D eigenvalue weighted by Gasteiger charge is -2.14. The number of aliphatic hydroxyl groups excluding tert-OH is 1. The fraction of sp³-hybridized carbons (Fsp3) is 0.538. The molecule has 0 atom stereocenters. The summed E-state index contributed by atoms with van der Waals surface area (Å²) in [7, 11) is 2.05. The molecule has 15 heavy (non-hydrogen) atoms. The number of hydrogen-bond donors (Lipinski definition) is 1. The van der Waals surface area contributed by atoms with Crippen LogP contribution < -0.4 is 0 Å². The van der Waals surface area contributed by atoms with Crippen molar-refractivity contribution in [3.8, 4) is 0 Å². The summed E-state index contributed by atoms with van der Waals surface area (Å²) in [6, 6.07) is 8.66. The molecule has 1 N–H and O–H groups in total. The minimum atomic E-state index is 0.251. The van der Waals surface area contributed by atoms with E-state index in [1.807, 2.05) is 7.05 Å². The van der Waals surface area contributed by atoms with E-state index < -0.39 is 0 Å². The van der Waals surface area contributed by atoms with Crippen LogP contribution in [0.4, 0.5) is 0 Å². The quantitative estimate of drug-likeness (QED) is 0.769. The van der Waals surface area contributed by atoms with Crippen LogP contribution in [0, 0.1) is 6.92 Å². The Bertz CT molecular complexity index is 286. The van der Waals surface area contributed by atoms with Crippen molar-refractivity contribution in [1.82, 2.24) is 4.90 Å². The third kappa shape index (κ3) is 4.96. The fourth-order valence-electron chi connectivity index (χ4n) is 1.70. The van der Waals surface area contributed by atoms with Gasteiger partial charge in [-0.1, -0.05) is 29.8 Å². The van der Waals surface area contributed by atoms with E-state index in [1.165, 1.54) is 11.1 Å². The van der Waals surface area contributed by atoms with Crippen LogP contribution in [0.25, 0.3) is 0 Å². The predicted octanol–water partition coefficient (Wildman–Crippen LogP) is 1.85. The van der Waals surface area contributed by atoms with Crippen LogP contribution in [0.5, 0.6) is 0 Å². The van der Waals surface area contributed by atoms with Gasteiger partial charge in [0.1, 0.15) is 0 Å². The first-order valence-corrected chi connectivity index (χ1v) is 5.57. The van der Waals surface area contributed by atoms with Crippen molar-refractivity contribution in [2.75, 3.05) is 26.7 Å². The number of nitrogens with zero attached hydrogens (tertiary/aromatic N) is 1. The second kappa shape index (κ2) is 6.59. The van der Waals surface area contributed by atoms with Gasteiger partial charge in [0, 0.05) is 6.54 Å². The summed E-state index contributed by atoms with van der Waals surface area (Å²) in [5, 5.41) is 8.75. The molecule has 84 valence electrons. The molecule has 0 amide bonds. The molecule has 0 aromatic heterocycles. The van der Waals surface area contributed by atoms with Crippen LogP contribution in [0.3, 0.4) is 0 Å². The van der Waals surface area contributed by atoms with Gasteiger partial charge >= 0.3 is 0 Å². The zero-order valence-electron chi connectivity index (χ0n) is 9.74. The van der Waals surface area contributed by atoms with Gasteiger partial charge in [-0.05, 0) is 38.9 Å². The monoisotopic (exact) mass is 207 g/mol. The smallest absolute Gasteiger partial charge is 0.0558 e. The summed E-state index contributed by atoms with van der Waals surface area (Å²) < 4.78 is 0. The molecule has 2 nitrogen and oxygen atoms in total. The van der Waals surface area contributed by atoms with Crippen molar-refractivity contribution >= 4 is 0 Å². The van der Waals surface area contributed by atoms with Crippen molar-refractivity contribution in [3.63, 3.8) is 0 Å². The van der Waals surface area contributed by atoms with Gasteiger partial charge in [0.2, 0.25) is 0 Å². The lowest BCUT2D eigenvalue weighted by atomic mass is 10.1. The molecule has 0 saturated heterocycles. The first-order valence-electron chi connectivity index (χ1n) is 5.57. The summed E-state index contributed by atoms with van der Waals surface area (Å²) >= 11 is 0. The first kappa shape index (κ1) is 12.2. The molecular formula is C13H21NO. The predicted molar refractivity (Wildman–Crippen MR) is 64.1 cm³/mol. The third-order valence-corrected chi connectivity index (χ3v) is 2.57. The van der Waals surface area contributed by atoms with Gasteiger partial charge < -0.3 is 10.0 Å². The van der Waals surface area contributed by atoms with Gasteiger partial charge in [-0.25, -0.2) is 0 Å². The van der Waals surface area contributed by atoms with Gasteiger partial charge in [-0.3, -0.25) is 0 Å². The topological polar surface area (TPSA) is 23.5 Å². The van der Waals surface area contributed by atoms with E-state index in [1.54, 1.807) is 0 Å². The fourth-order valence-corrected chi connectivity index (χ4v) is 1.70. The molecule has 0 aliphatic heterocycles. The molecule has 0 saturated carbocycles. The molecule has 2 heteroatoms. The van der Waals surface area contributed by atoms with Gasteiger partial charge in [-0.2, -0.15) is 0 Å². The summed E-state index contributed by atoms with van der Waals surface area (Å²) in [5.74, 6) is 0. The molecule has 0 spiro atoms. The highest BCUT2D eigenvalue weighted by Gasteiger charge is 1.98. The highest BCUT2D eigenvalue weighted by molar-refractivity contribution is 5.22. The van der Waals surface area contributed by atoms with Crippen molar-refractivity contribution < 1.29 is 5.11 Å². The number of aryl methyl sites for hydroxylation is 2. The van der Waals surface area contributed by atoms with Crippen molar-refractivity contribution in [3.05, 3.63) is 35.4 Å². The van der Waals surface area contributed by atoms with Crippen LogP contribution in [-0.2, 0) is 6.42 Å². The Balaban J connectivity index is 2.25. The van der Waals surface area contributed by atoms with E-state index in [-0.39, 0.29) is 6.61 Å². The zero-order valence-corrected chi connectivity index (χ0v) is 9.74. The Morgan fingerprint density at radius 2 is 2.07 bits per heavy atom. The summed E-state index contributed by atoms with van der Waals surface area (Å²) in [5.41, 5.74) is 2.74. The lowest BCUT2D eigenvalue weighted by molar-refractivity contribution is 0.220. The van der Waals surface area contributed by atoms with Crippen molar-refractivity contribution in [2.24, 2.45) is 0 Å². The third-order valence-electron chi connectivity index (χ3n) is 2.57. The van der Waals surface area contributed by atoms with Gasteiger partial charge in [0.05, 0.1) is 6.61 Å². The van der Waals surface area contributed by atoms with Gasteiger partial charge in [0.25, 0.3) is 0 Å². The molecule has 0 aliphatic carbocycles. The summed E-state index contributed by atoms with van der Waals surface area (Å²) in [4.78, 5) is 2.16. The summed E-state index contributed by atoms with van der Waals surface area (Å²) in [6.07, 6.45) is 2.28. The SMILES string of the molecule is Cc1cccc(CCCN(C)CCO)c1. The van der Waals surface area contributed by atoms with E-state index >= 15 is 0 Å². The molecule has 0 radical (unpaired) electrons. The van der Waals surface area contributed by atoms with Crippen LogP contribution in [0.2, 0.25) is 0 Å². The number of likely N-dealkylation sites (N-methyl/N-ethyl adjacent to an activating group) is 1. The largest absolute Gasteiger partial charge is 0.395 e. The Labute approximate surface area is 92.5 Å². The average Bonchev–Trinajstić information content (AvgIpc) is 2.18. The second-order valence-corrected chi connectivity index (χ2v) is 4.12. The average molecular weight is 207 g/mol. The van der Waals surface area contributed by atoms with Crippen molar-refractivity contribution in [2.45, 2.75) is 19.8 Å². The molecule has 0 fully saturated rings. The van der Waals surface area contributed by atoms with Gasteiger partial charge in [-0.15, -0.1) is 0 Å². The van der Waals surface area contributed by atoms with Gasteiger partial charge in [0.15, 0.2) is 0 Å².